The number of aromatic amines is 1. The second kappa shape index (κ2) is 6.20. The van der Waals surface area contributed by atoms with Crippen molar-refractivity contribution in [1.82, 2.24) is 9.97 Å². The van der Waals surface area contributed by atoms with E-state index in [1.807, 2.05) is 13.8 Å². The minimum absolute atomic E-state index is 0.139. The number of nitrogens with one attached hydrogen (secondary N) is 1. The molecule has 0 aliphatic carbocycles. The summed E-state index contributed by atoms with van der Waals surface area (Å²) in [5, 5.41) is 9.46. The summed E-state index contributed by atoms with van der Waals surface area (Å²) >= 11 is 0. The molecule has 0 aromatic carbocycles. The van der Waals surface area contributed by atoms with Gasteiger partial charge in [-0.05, 0) is 26.7 Å². The summed E-state index contributed by atoms with van der Waals surface area (Å²) in [5.41, 5.74) is -1.24. The van der Waals surface area contributed by atoms with Crippen LogP contribution in [0.2, 0.25) is 0 Å². The van der Waals surface area contributed by atoms with Gasteiger partial charge in [0.1, 0.15) is 11.6 Å². The van der Waals surface area contributed by atoms with Crippen molar-refractivity contribution >= 4 is 11.8 Å². The number of carboxylic acids is 1. The maximum atomic E-state index is 11.5. The van der Waals surface area contributed by atoms with E-state index in [0.717, 1.165) is 0 Å². The molecule has 0 aliphatic rings. The number of H-pyrrole nitrogens is 1. The number of ketones is 1. The van der Waals surface area contributed by atoms with Gasteiger partial charge < -0.3 is 10.1 Å². The fourth-order valence-corrected chi connectivity index (χ4v) is 2.13. The second-order valence-corrected chi connectivity index (χ2v) is 6.37. The molecule has 5 nitrogen and oxygen atoms in total. The number of hydrogen-bond donors (Lipinski definition) is 2. The van der Waals surface area contributed by atoms with Crippen molar-refractivity contribution in [2.24, 2.45) is 10.8 Å². The number of nitrogens with zero attached hydrogens (tertiary/aromatic N) is 1. The van der Waals surface area contributed by atoms with E-state index >= 15 is 0 Å². The van der Waals surface area contributed by atoms with Crippen LogP contribution in [-0.2, 0) is 16.0 Å². The van der Waals surface area contributed by atoms with Crippen molar-refractivity contribution < 1.29 is 14.7 Å². The lowest BCUT2D eigenvalue weighted by Crippen LogP contribution is -2.31. The molecule has 1 rings (SSSR count). The second-order valence-electron chi connectivity index (χ2n) is 6.37. The fraction of sp³-hybridized carbons (Fsp3) is 0.667. The number of carbonyl (C=O) groups excluding carboxylic acids is 1. The average molecular weight is 280 g/mol. The molecular weight excluding hydrogens is 256 g/mol. The smallest absolute Gasteiger partial charge is 0.309 e. The van der Waals surface area contributed by atoms with Gasteiger partial charge in [-0.25, -0.2) is 4.98 Å². The molecule has 0 radical (unpaired) electrons. The summed E-state index contributed by atoms with van der Waals surface area (Å²) in [6, 6.07) is 0. The molecule has 0 fully saturated rings. The van der Waals surface area contributed by atoms with E-state index < -0.39 is 11.4 Å². The first-order chi connectivity index (χ1) is 9.17. The summed E-state index contributed by atoms with van der Waals surface area (Å²) in [4.78, 5) is 30.0. The summed E-state index contributed by atoms with van der Waals surface area (Å²) in [7, 11) is 0. The normalized spacial score (nSPS) is 14.8. The van der Waals surface area contributed by atoms with Crippen LogP contribution in [0.4, 0.5) is 0 Å². The Labute approximate surface area is 119 Å². The summed E-state index contributed by atoms with van der Waals surface area (Å²) in [6.07, 6.45) is 5.61. The van der Waals surface area contributed by atoms with Crippen molar-refractivity contribution in [3.8, 4) is 0 Å². The standard InChI is InChI=1S/C15H24N2O3/c1-11(18)14(2,3)6-5-7-15(4,13(19)20)10-12-16-8-9-17-12/h8-9H,5-7,10H2,1-4H3,(H,16,17)(H,19,20). The highest BCUT2D eigenvalue weighted by Crippen LogP contribution is 2.32. The zero-order valence-corrected chi connectivity index (χ0v) is 12.7. The van der Waals surface area contributed by atoms with Crippen LogP contribution in [0.1, 0.15) is 52.8 Å². The van der Waals surface area contributed by atoms with Crippen LogP contribution < -0.4 is 0 Å². The van der Waals surface area contributed by atoms with E-state index in [2.05, 4.69) is 9.97 Å². The molecular formula is C15H24N2O3. The molecule has 0 bridgehead atoms. The zero-order valence-electron chi connectivity index (χ0n) is 12.7. The van der Waals surface area contributed by atoms with Gasteiger partial charge in [0.2, 0.25) is 0 Å². The van der Waals surface area contributed by atoms with Gasteiger partial charge in [0, 0.05) is 24.2 Å². The first-order valence-electron chi connectivity index (χ1n) is 6.90. The molecule has 0 spiro atoms. The van der Waals surface area contributed by atoms with Gasteiger partial charge in [0.05, 0.1) is 5.41 Å². The molecule has 5 heteroatoms. The number of carbonyl (C=O) groups is 2. The van der Waals surface area contributed by atoms with E-state index in [1.54, 1.807) is 26.2 Å². The largest absolute Gasteiger partial charge is 0.481 e. The monoisotopic (exact) mass is 280 g/mol. The summed E-state index contributed by atoms with van der Waals surface area (Å²) < 4.78 is 0. The Morgan fingerprint density at radius 2 is 1.95 bits per heavy atom. The van der Waals surface area contributed by atoms with Gasteiger partial charge in [0.15, 0.2) is 0 Å². The van der Waals surface area contributed by atoms with Crippen LogP contribution in [-0.4, -0.2) is 26.8 Å². The van der Waals surface area contributed by atoms with Gasteiger partial charge in [0.25, 0.3) is 0 Å². The molecule has 1 atom stereocenters. The Morgan fingerprint density at radius 1 is 1.30 bits per heavy atom. The van der Waals surface area contributed by atoms with E-state index in [-0.39, 0.29) is 11.2 Å². The molecule has 1 aromatic heterocycles. The Bertz CT molecular complexity index is 465. The first-order valence-corrected chi connectivity index (χ1v) is 6.90. The number of rotatable bonds is 8. The number of hydrogen-bond acceptors (Lipinski definition) is 3. The van der Waals surface area contributed by atoms with Crippen LogP contribution in [0.15, 0.2) is 12.4 Å². The van der Waals surface area contributed by atoms with E-state index in [9.17, 15) is 14.7 Å². The van der Waals surface area contributed by atoms with Crippen molar-refractivity contribution in [2.75, 3.05) is 0 Å². The molecule has 0 aliphatic heterocycles. The summed E-state index contributed by atoms with van der Waals surface area (Å²) in [6.45, 7) is 7.12. The van der Waals surface area contributed by atoms with Crippen molar-refractivity contribution in [1.29, 1.82) is 0 Å². The topological polar surface area (TPSA) is 83.0 Å². The highest BCUT2D eigenvalue weighted by molar-refractivity contribution is 5.81. The fourth-order valence-electron chi connectivity index (χ4n) is 2.13. The maximum Gasteiger partial charge on any atom is 0.309 e. The number of imidazole rings is 1. The van der Waals surface area contributed by atoms with E-state index in [4.69, 9.17) is 0 Å². The molecule has 0 amide bonds. The highest BCUT2D eigenvalue weighted by Gasteiger charge is 2.35. The predicted molar refractivity (Wildman–Crippen MR) is 76.3 cm³/mol. The van der Waals surface area contributed by atoms with E-state index in [1.165, 1.54) is 0 Å². The minimum Gasteiger partial charge on any atom is -0.481 e. The Kier molecular flexibility index (Phi) is 5.09. The molecule has 1 aromatic rings. The first kappa shape index (κ1) is 16.4. The van der Waals surface area contributed by atoms with Crippen molar-refractivity contribution in [2.45, 2.75) is 53.4 Å². The lowest BCUT2D eigenvalue weighted by Gasteiger charge is -2.26. The summed E-state index contributed by atoms with van der Waals surface area (Å²) in [5.74, 6) is -0.00387. The third-order valence-corrected chi connectivity index (χ3v) is 4.11. The van der Waals surface area contributed by atoms with Gasteiger partial charge in [-0.1, -0.05) is 20.3 Å². The zero-order chi connectivity index (χ0) is 15.4. The molecule has 1 heterocycles. The van der Waals surface area contributed by atoms with Gasteiger partial charge in [-0.3, -0.25) is 9.59 Å². The Hall–Kier alpha value is -1.65. The predicted octanol–water partition coefficient (Wildman–Crippen LogP) is 2.83. The highest BCUT2D eigenvalue weighted by atomic mass is 16.4. The Morgan fingerprint density at radius 3 is 2.40 bits per heavy atom. The lowest BCUT2D eigenvalue weighted by atomic mass is 9.77. The number of aliphatic carboxylic acids is 1. The van der Waals surface area contributed by atoms with Crippen LogP contribution >= 0.6 is 0 Å². The van der Waals surface area contributed by atoms with Crippen molar-refractivity contribution in [3.05, 3.63) is 18.2 Å². The van der Waals surface area contributed by atoms with Gasteiger partial charge >= 0.3 is 5.97 Å². The van der Waals surface area contributed by atoms with Crippen LogP contribution in [0.3, 0.4) is 0 Å². The van der Waals surface area contributed by atoms with Gasteiger partial charge in [-0.15, -0.1) is 0 Å². The average Bonchev–Trinajstić information content (AvgIpc) is 2.80. The third-order valence-electron chi connectivity index (χ3n) is 4.11. The molecule has 20 heavy (non-hydrogen) atoms. The maximum absolute atomic E-state index is 11.5. The van der Waals surface area contributed by atoms with Gasteiger partial charge in [-0.2, -0.15) is 0 Å². The molecule has 112 valence electrons. The minimum atomic E-state index is -0.856. The third kappa shape index (κ3) is 4.18. The number of aromatic nitrogens is 2. The number of Topliss-reactive ketones (excluding diaryl/α,β-unsaturated/α-hetero) is 1. The quantitative estimate of drug-likeness (QED) is 0.767. The molecule has 2 N–H and O–H groups in total. The molecule has 0 saturated heterocycles. The number of carboxylic acid groups (broad SMARTS) is 1. The van der Waals surface area contributed by atoms with Crippen LogP contribution in [0.5, 0.6) is 0 Å². The van der Waals surface area contributed by atoms with E-state index in [0.29, 0.717) is 31.5 Å². The van der Waals surface area contributed by atoms with Crippen LogP contribution in [0.25, 0.3) is 0 Å². The van der Waals surface area contributed by atoms with Crippen molar-refractivity contribution in [3.63, 3.8) is 0 Å². The van der Waals surface area contributed by atoms with Crippen LogP contribution in [0, 0.1) is 10.8 Å². The lowest BCUT2D eigenvalue weighted by molar-refractivity contribution is -0.148. The molecule has 1 unspecified atom stereocenters. The SMILES string of the molecule is CC(=O)C(C)(C)CCCC(C)(Cc1ncc[nH]1)C(=O)O. The Balaban J connectivity index is 2.64. The molecule has 0 saturated carbocycles.